The van der Waals surface area contributed by atoms with Gasteiger partial charge in [0, 0.05) is 30.0 Å². The van der Waals surface area contributed by atoms with Crippen molar-refractivity contribution in [3.8, 4) is 0 Å². The van der Waals surface area contributed by atoms with Crippen LogP contribution in [0.3, 0.4) is 0 Å². The lowest BCUT2D eigenvalue weighted by molar-refractivity contribution is -0.135. The molecular weight excluding hydrogens is 388 g/mol. The second kappa shape index (κ2) is 7.87. The molecule has 1 spiro atoms. The average Bonchev–Trinajstić information content (AvgIpc) is 3.20. The van der Waals surface area contributed by atoms with E-state index in [4.69, 9.17) is 0 Å². The lowest BCUT2D eigenvalue weighted by Gasteiger charge is -2.39. The molecular formula is C21H24N4O3S. The van der Waals surface area contributed by atoms with Crippen molar-refractivity contribution in [2.24, 2.45) is 0 Å². The minimum atomic E-state index is -0.670. The van der Waals surface area contributed by atoms with E-state index in [2.05, 4.69) is 16.0 Å². The summed E-state index contributed by atoms with van der Waals surface area (Å²) in [6.45, 7) is 2.35. The van der Waals surface area contributed by atoms with Crippen LogP contribution < -0.4 is 16.0 Å². The van der Waals surface area contributed by atoms with Crippen molar-refractivity contribution in [3.63, 3.8) is 0 Å². The van der Waals surface area contributed by atoms with Crippen molar-refractivity contribution in [2.75, 3.05) is 18.4 Å². The van der Waals surface area contributed by atoms with Gasteiger partial charge in [-0.25, -0.2) is 0 Å². The number of hydrogen-bond acceptors (Lipinski definition) is 5. The minimum absolute atomic E-state index is 0.0230. The number of rotatable bonds is 4. The maximum Gasteiger partial charge on any atom is 0.255 e. The van der Waals surface area contributed by atoms with Gasteiger partial charge in [0.25, 0.3) is 5.91 Å². The Labute approximate surface area is 173 Å². The number of nitrogens with zero attached hydrogens (tertiary/aromatic N) is 1. The highest BCUT2D eigenvalue weighted by molar-refractivity contribution is 7.10. The number of fused-ring (bicyclic) bond motifs is 1. The molecule has 2 aliphatic heterocycles. The zero-order chi connectivity index (χ0) is 20.4. The number of thiophene rings is 1. The number of anilines is 1. The van der Waals surface area contributed by atoms with Gasteiger partial charge in [-0.2, -0.15) is 0 Å². The number of carbonyl (C=O) groups is 3. The Kier molecular flexibility index (Phi) is 5.27. The Bertz CT molecular complexity index is 930. The van der Waals surface area contributed by atoms with Gasteiger partial charge in [0.2, 0.25) is 11.8 Å². The van der Waals surface area contributed by atoms with Gasteiger partial charge in [0.05, 0.1) is 18.2 Å². The molecule has 152 valence electrons. The molecule has 0 radical (unpaired) electrons. The highest BCUT2D eigenvalue weighted by atomic mass is 32.1. The van der Waals surface area contributed by atoms with Gasteiger partial charge < -0.3 is 20.9 Å². The van der Waals surface area contributed by atoms with Gasteiger partial charge in [-0.15, -0.1) is 11.3 Å². The molecule has 2 aliphatic rings. The zero-order valence-electron chi connectivity index (χ0n) is 16.2. The molecule has 4 rings (SSSR count). The van der Waals surface area contributed by atoms with Crippen molar-refractivity contribution in [1.82, 2.24) is 15.5 Å². The third-order valence-electron chi connectivity index (χ3n) is 5.51. The van der Waals surface area contributed by atoms with Gasteiger partial charge in [0.1, 0.15) is 5.66 Å². The van der Waals surface area contributed by atoms with E-state index in [1.807, 2.05) is 42.6 Å². The average molecular weight is 413 g/mol. The molecule has 8 heteroatoms. The lowest BCUT2D eigenvalue weighted by atomic mass is 9.95. The van der Waals surface area contributed by atoms with Crippen molar-refractivity contribution >= 4 is 34.7 Å². The third kappa shape index (κ3) is 4.12. The van der Waals surface area contributed by atoms with Crippen LogP contribution in [0.25, 0.3) is 0 Å². The van der Waals surface area contributed by atoms with Crippen LogP contribution in [0.4, 0.5) is 5.69 Å². The van der Waals surface area contributed by atoms with E-state index in [1.165, 1.54) is 0 Å². The van der Waals surface area contributed by atoms with Crippen LogP contribution >= 0.6 is 11.3 Å². The molecule has 1 aromatic heterocycles. The predicted octanol–water partition coefficient (Wildman–Crippen LogP) is 2.49. The first-order valence-electron chi connectivity index (χ1n) is 9.76. The Hall–Kier alpha value is -2.87. The Morgan fingerprint density at radius 3 is 2.83 bits per heavy atom. The fourth-order valence-electron chi connectivity index (χ4n) is 3.90. The van der Waals surface area contributed by atoms with Crippen LogP contribution in [-0.2, 0) is 9.59 Å². The first-order chi connectivity index (χ1) is 14.0. The van der Waals surface area contributed by atoms with Crippen LogP contribution in [0.1, 0.15) is 47.5 Å². The number of hydrogen-bond donors (Lipinski definition) is 3. The van der Waals surface area contributed by atoms with Crippen LogP contribution in [0, 0.1) is 0 Å². The molecule has 7 nitrogen and oxygen atoms in total. The van der Waals surface area contributed by atoms with E-state index in [1.54, 1.807) is 22.3 Å². The largest absolute Gasteiger partial charge is 0.362 e. The standard InChI is InChI=1S/C21H24N4O3S/c1-14(17-7-4-12-29-17)22-18(26)13-25-11-10-21(9-8-19(25)27)23-16-6-3-2-5-15(16)20(28)24-21/h2-7,12,14,23H,8-11,13H2,1H3,(H,22,26)(H,24,28). The summed E-state index contributed by atoms with van der Waals surface area (Å²) in [5, 5.41) is 11.4. The van der Waals surface area contributed by atoms with Crippen molar-refractivity contribution in [3.05, 3.63) is 52.2 Å². The van der Waals surface area contributed by atoms with Gasteiger partial charge in [-0.05, 0) is 36.9 Å². The lowest BCUT2D eigenvalue weighted by Crippen LogP contribution is -2.58. The molecule has 2 aromatic rings. The second-order valence-corrected chi connectivity index (χ2v) is 8.56. The van der Waals surface area contributed by atoms with Crippen molar-refractivity contribution < 1.29 is 14.4 Å². The number of carbonyl (C=O) groups excluding carboxylic acids is 3. The maximum absolute atomic E-state index is 12.6. The summed E-state index contributed by atoms with van der Waals surface area (Å²) in [5.41, 5.74) is 0.712. The molecule has 2 unspecified atom stereocenters. The van der Waals surface area contributed by atoms with Gasteiger partial charge >= 0.3 is 0 Å². The van der Waals surface area contributed by atoms with E-state index < -0.39 is 5.66 Å². The molecule has 1 fully saturated rings. The second-order valence-electron chi connectivity index (χ2n) is 7.58. The van der Waals surface area contributed by atoms with Crippen molar-refractivity contribution in [2.45, 2.75) is 37.9 Å². The fourth-order valence-corrected chi connectivity index (χ4v) is 4.64. The maximum atomic E-state index is 12.6. The summed E-state index contributed by atoms with van der Waals surface area (Å²) >= 11 is 1.59. The zero-order valence-corrected chi connectivity index (χ0v) is 17.1. The topological polar surface area (TPSA) is 90.5 Å². The predicted molar refractivity (Wildman–Crippen MR) is 112 cm³/mol. The van der Waals surface area contributed by atoms with Crippen LogP contribution in [0.15, 0.2) is 41.8 Å². The van der Waals surface area contributed by atoms with Crippen LogP contribution in [-0.4, -0.2) is 41.4 Å². The van der Waals surface area contributed by atoms with E-state index in [0.717, 1.165) is 10.6 Å². The van der Waals surface area contributed by atoms with Crippen LogP contribution in [0.5, 0.6) is 0 Å². The summed E-state index contributed by atoms with van der Waals surface area (Å²) < 4.78 is 0. The highest BCUT2D eigenvalue weighted by Crippen LogP contribution is 2.31. The van der Waals surface area contributed by atoms with Crippen LogP contribution in [0.2, 0.25) is 0 Å². The van der Waals surface area contributed by atoms with E-state index in [0.29, 0.717) is 24.9 Å². The van der Waals surface area contributed by atoms with E-state index in [-0.39, 0.29) is 36.7 Å². The first-order valence-corrected chi connectivity index (χ1v) is 10.6. The number of likely N-dealkylation sites (tertiary alicyclic amines) is 1. The summed E-state index contributed by atoms with van der Waals surface area (Å²) in [6.07, 6.45) is 1.28. The quantitative estimate of drug-likeness (QED) is 0.720. The van der Waals surface area contributed by atoms with Gasteiger partial charge in [-0.1, -0.05) is 18.2 Å². The molecule has 3 N–H and O–H groups in total. The molecule has 0 aliphatic carbocycles. The number of benzene rings is 1. The molecule has 0 saturated carbocycles. The molecule has 2 atom stereocenters. The fraction of sp³-hybridized carbons (Fsp3) is 0.381. The normalized spacial score (nSPS) is 22.3. The molecule has 3 amide bonds. The smallest absolute Gasteiger partial charge is 0.255 e. The van der Waals surface area contributed by atoms with Crippen molar-refractivity contribution in [1.29, 1.82) is 0 Å². The summed E-state index contributed by atoms with van der Waals surface area (Å²) in [6, 6.07) is 11.2. The molecule has 29 heavy (non-hydrogen) atoms. The highest BCUT2D eigenvalue weighted by Gasteiger charge is 2.40. The summed E-state index contributed by atoms with van der Waals surface area (Å²) in [5.74, 6) is -0.389. The summed E-state index contributed by atoms with van der Waals surface area (Å²) in [4.78, 5) is 40.3. The molecule has 3 heterocycles. The third-order valence-corrected chi connectivity index (χ3v) is 6.56. The first kappa shape index (κ1) is 19.4. The van der Waals surface area contributed by atoms with E-state index in [9.17, 15) is 14.4 Å². The number of nitrogens with one attached hydrogen (secondary N) is 3. The Morgan fingerprint density at radius 2 is 2.03 bits per heavy atom. The van der Waals surface area contributed by atoms with Gasteiger partial charge in [-0.3, -0.25) is 14.4 Å². The molecule has 1 saturated heterocycles. The molecule has 1 aromatic carbocycles. The number of amides is 3. The molecule has 0 bridgehead atoms. The Morgan fingerprint density at radius 1 is 1.21 bits per heavy atom. The monoisotopic (exact) mass is 412 g/mol. The van der Waals surface area contributed by atoms with Gasteiger partial charge in [0.15, 0.2) is 0 Å². The minimum Gasteiger partial charge on any atom is -0.362 e. The summed E-state index contributed by atoms with van der Waals surface area (Å²) in [7, 11) is 0. The number of para-hydroxylation sites is 1. The van der Waals surface area contributed by atoms with E-state index >= 15 is 0 Å². The Balaban J connectivity index is 1.40. The SMILES string of the molecule is CC(NC(=O)CN1CCC2(CCC1=O)NC(=O)c1ccccc1N2)c1cccs1.